The molecule has 0 saturated heterocycles. The van der Waals surface area contributed by atoms with Gasteiger partial charge in [-0.2, -0.15) is 0 Å². The van der Waals surface area contributed by atoms with Gasteiger partial charge in [0.1, 0.15) is 5.82 Å². The van der Waals surface area contributed by atoms with Gasteiger partial charge in [-0.3, -0.25) is 0 Å². The molecule has 4 aromatic rings. The summed E-state index contributed by atoms with van der Waals surface area (Å²) in [5.41, 5.74) is 4.59. The normalized spacial score (nSPS) is 11.0. The number of benzene rings is 3. The molecular formula is C21H18N2. The van der Waals surface area contributed by atoms with Gasteiger partial charge in [-0.05, 0) is 23.3 Å². The van der Waals surface area contributed by atoms with Crippen molar-refractivity contribution >= 4 is 10.8 Å². The maximum absolute atomic E-state index is 4.80. The summed E-state index contributed by atoms with van der Waals surface area (Å²) in [5, 5.41) is 2.55. The lowest BCUT2D eigenvalue weighted by Gasteiger charge is -2.02. The van der Waals surface area contributed by atoms with E-state index in [9.17, 15) is 0 Å². The van der Waals surface area contributed by atoms with E-state index >= 15 is 0 Å². The molecule has 4 rings (SSSR count). The van der Waals surface area contributed by atoms with Crippen molar-refractivity contribution in [3.63, 3.8) is 0 Å². The zero-order valence-corrected chi connectivity index (χ0v) is 13.1. The third kappa shape index (κ3) is 2.76. The number of aromatic nitrogens is 2. The van der Waals surface area contributed by atoms with E-state index < -0.39 is 0 Å². The summed E-state index contributed by atoms with van der Waals surface area (Å²) in [6.07, 6.45) is 0.818. The predicted octanol–water partition coefficient (Wildman–Crippen LogP) is 5.13. The molecule has 112 valence electrons. The van der Waals surface area contributed by atoms with Crippen molar-refractivity contribution in [1.82, 2.24) is 9.97 Å². The first-order valence-electron chi connectivity index (χ1n) is 7.88. The van der Waals surface area contributed by atoms with Gasteiger partial charge in [0.05, 0.1) is 5.69 Å². The Morgan fingerprint density at radius 1 is 0.826 bits per heavy atom. The Hall–Kier alpha value is -2.87. The lowest BCUT2D eigenvalue weighted by Crippen LogP contribution is -1.91. The highest BCUT2D eigenvalue weighted by Crippen LogP contribution is 2.22. The van der Waals surface area contributed by atoms with E-state index in [4.69, 9.17) is 4.98 Å². The largest absolute Gasteiger partial charge is 0.345 e. The number of fused-ring (bicyclic) bond motifs is 1. The van der Waals surface area contributed by atoms with Crippen molar-refractivity contribution in [2.24, 2.45) is 0 Å². The third-order valence-corrected chi connectivity index (χ3v) is 4.17. The standard InChI is InChI=1S/C21H18N2/c1-15-21(18-8-3-2-4-9-18)23-20(22-15)14-16-11-12-17-7-5-6-10-19(17)13-16/h2-13H,14H2,1H3,(H,22,23). The number of H-pyrrole nitrogens is 1. The molecule has 0 bridgehead atoms. The number of aryl methyl sites for hydroxylation is 1. The van der Waals surface area contributed by atoms with Crippen molar-refractivity contribution in [2.75, 3.05) is 0 Å². The zero-order chi connectivity index (χ0) is 15.6. The highest BCUT2D eigenvalue weighted by atomic mass is 14.9. The molecule has 0 fully saturated rings. The molecule has 1 heterocycles. The fourth-order valence-corrected chi connectivity index (χ4v) is 3.03. The van der Waals surface area contributed by atoms with Crippen LogP contribution in [-0.2, 0) is 6.42 Å². The molecule has 3 aromatic carbocycles. The number of nitrogens with zero attached hydrogens (tertiary/aromatic N) is 1. The first-order chi connectivity index (χ1) is 11.3. The minimum atomic E-state index is 0.818. The smallest absolute Gasteiger partial charge is 0.111 e. The van der Waals surface area contributed by atoms with Gasteiger partial charge in [-0.25, -0.2) is 4.98 Å². The fourth-order valence-electron chi connectivity index (χ4n) is 3.03. The predicted molar refractivity (Wildman–Crippen MR) is 95.5 cm³/mol. The number of imidazole rings is 1. The van der Waals surface area contributed by atoms with Crippen LogP contribution < -0.4 is 0 Å². The summed E-state index contributed by atoms with van der Waals surface area (Å²) in [6, 6.07) is 25.4. The number of hydrogen-bond donors (Lipinski definition) is 1. The highest BCUT2D eigenvalue weighted by molar-refractivity contribution is 5.83. The lowest BCUT2D eigenvalue weighted by atomic mass is 10.1. The van der Waals surface area contributed by atoms with Crippen molar-refractivity contribution in [3.05, 3.63) is 89.9 Å². The SMILES string of the molecule is Cc1[nH]c(Cc2ccc3ccccc3c2)nc1-c1ccccc1. The summed E-state index contributed by atoms with van der Waals surface area (Å²) in [5.74, 6) is 1.01. The molecule has 0 amide bonds. The van der Waals surface area contributed by atoms with Crippen LogP contribution in [-0.4, -0.2) is 9.97 Å². The quantitative estimate of drug-likeness (QED) is 0.558. The summed E-state index contributed by atoms with van der Waals surface area (Å²) < 4.78 is 0. The van der Waals surface area contributed by atoms with Gasteiger partial charge < -0.3 is 4.98 Å². The second-order valence-corrected chi connectivity index (χ2v) is 5.88. The topological polar surface area (TPSA) is 28.7 Å². The molecule has 2 heteroatoms. The zero-order valence-electron chi connectivity index (χ0n) is 13.1. The Bertz CT molecular complexity index is 952. The van der Waals surface area contributed by atoms with Crippen LogP contribution in [0.3, 0.4) is 0 Å². The van der Waals surface area contributed by atoms with Crippen LogP contribution in [0.5, 0.6) is 0 Å². The van der Waals surface area contributed by atoms with E-state index in [2.05, 4.69) is 66.5 Å². The van der Waals surface area contributed by atoms with Crippen LogP contribution in [0, 0.1) is 6.92 Å². The van der Waals surface area contributed by atoms with Crippen molar-refractivity contribution in [2.45, 2.75) is 13.3 Å². The third-order valence-electron chi connectivity index (χ3n) is 4.17. The Labute approximate surface area is 135 Å². The Kier molecular flexibility index (Phi) is 3.43. The molecule has 0 radical (unpaired) electrons. The average molecular weight is 298 g/mol. The molecular weight excluding hydrogens is 280 g/mol. The monoisotopic (exact) mass is 298 g/mol. The molecule has 0 aliphatic rings. The van der Waals surface area contributed by atoms with Gasteiger partial charge in [0, 0.05) is 17.7 Å². The van der Waals surface area contributed by atoms with Crippen molar-refractivity contribution < 1.29 is 0 Å². The summed E-state index contributed by atoms with van der Waals surface area (Å²) >= 11 is 0. The van der Waals surface area contributed by atoms with Gasteiger partial charge in [-0.1, -0.05) is 72.8 Å². The molecule has 0 atom stereocenters. The van der Waals surface area contributed by atoms with Crippen LogP contribution in [0.2, 0.25) is 0 Å². The van der Waals surface area contributed by atoms with E-state index in [1.54, 1.807) is 0 Å². The van der Waals surface area contributed by atoms with Crippen molar-refractivity contribution in [3.8, 4) is 11.3 Å². The molecule has 0 aliphatic heterocycles. The number of aromatic amines is 1. The minimum absolute atomic E-state index is 0.818. The Morgan fingerprint density at radius 2 is 1.57 bits per heavy atom. The first kappa shape index (κ1) is 13.8. The molecule has 2 nitrogen and oxygen atoms in total. The average Bonchev–Trinajstić information content (AvgIpc) is 2.96. The molecule has 0 spiro atoms. The second-order valence-electron chi connectivity index (χ2n) is 5.88. The molecule has 0 saturated carbocycles. The summed E-state index contributed by atoms with van der Waals surface area (Å²) in [4.78, 5) is 8.23. The molecule has 1 N–H and O–H groups in total. The number of rotatable bonds is 3. The van der Waals surface area contributed by atoms with Gasteiger partial charge in [0.15, 0.2) is 0 Å². The van der Waals surface area contributed by atoms with Crippen LogP contribution in [0.1, 0.15) is 17.1 Å². The molecule has 1 aromatic heterocycles. The highest BCUT2D eigenvalue weighted by Gasteiger charge is 2.09. The van der Waals surface area contributed by atoms with Gasteiger partial charge in [0.2, 0.25) is 0 Å². The number of hydrogen-bond acceptors (Lipinski definition) is 1. The summed E-state index contributed by atoms with van der Waals surface area (Å²) in [6.45, 7) is 2.08. The van der Waals surface area contributed by atoms with E-state index in [0.717, 1.165) is 29.2 Å². The van der Waals surface area contributed by atoms with Gasteiger partial charge in [0.25, 0.3) is 0 Å². The lowest BCUT2D eigenvalue weighted by molar-refractivity contribution is 1.02. The minimum Gasteiger partial charge on any atom is -0.345 e. The summed E-state index contributed by atoms with van der Waals surface area (Å²) in [7, 11) is 0. The maximum atomic E-state index is 4.80. The van der Waals surface area contributed by atoms with Crippen LogP contribution >= 0.6 is 0 Å². The molecule has 0 unspecified atom stereocenters. The number of nitrogens with one attached hydrogen (secondary N) is 1. The molecule has 23 heavy (non-hydrogen) atoms. The van der Waals surface area contributed by atoms with E-state index in [1.165, 1.54) is 16.3 Å². The fraction of sp³-hybridized carbons (Fsp3) is 0.0952. The van der Waals surface area contributed by atoms with Crippen LogP contribution in [0.4, 0.5) is 0 Å². The van der Waals surface area contributed by atoms with Crippen LogP contribution in [0.25, 0.3) is 22.0 Å². The maximum Gasteiger partial charge on any atom is 0.111 e. The van der Waals surface area contributed by atoms with Crippen molar-refractivity contribution in [1.29, 1.82) is 0 Å². The van der Waals surface area contributed by atoms with E-state index in [0.29, 0.717) is 0 Å². The van der Waals surface area contributed by atoms with Crippen LogP contribution in [0.15, 0.2) is 72.8 Å². The Morgan fingerprint density at radius 3 is 2.39 bits per heavy atom. The second kappa shape index (κ2) is 5.73. The molecule has 0 aliphatic carbocycles. The van der Waals surface area contributed by atoms with Gasteiger partial charge >= 0.3 is 0 Å². The van der Waals surface area contributed by atoms with Gasteiger partial charge in [-0.15, -0.1) is 0 Å². The van der Waals surface area contributed by atoms with E-state index in [-0.39, 0.29) is 0 Å². The Balaban J connectivity index is 1.66. The van der Waals surface area contributed by atoms with E-state index in [1.807, 2.05) is 18.2 Å². The first-order valence-corrected chi connectivity index (χ1v) is 7.88.